The van der Waals surface area contributed by atoms with Crippen molar-refractivity contribution in [1.82, 2.24) is 0 Å². The van der Waals surface area contributed by atoms with Gasteiger partial charge in [0.1, 0.15) is 28.1 Å². The van der Waals surface area contributed by atoms with Crippen LogP contribution in [0.1, 0.15) is 0 Å². The van der Waals surface area contributed by atoms with Crippen molar-refractivity contribution in [3.8, 4) is 61.4 Å². The minimum atomic E-state index is 0.545. The molecule has 6 heteroatoms. The first kappa shape index (κ1) is 54.4. The standard InChI is InChI=1S/C42H26O.C26H17Br.C16H10BO3/c1-3-12-28(13-4-1)40-33-17-9-10-18-34(33)41(29-14-5-2-6-15-29)37-25-30(19-22-35(37)40)31-20-23-36-39(26-31)43-38-24-21-27-11-7-8-16-32(27)42(36)38;27-20-15-16-23-24(17-20)26(19-11-5-2-6-12-19)22-14-8-7-13-21(22)25(23)18-9-3-1-4-10-18;18-17-20-11-6-7-13-15(9-11)19-14-8-5-10-3-1-2-4-12(10)16(13)14/h1-26H;1-17H;1-9,18H. The molecule has 18 rings (SSSR count). The van der Waals surface area contributed by atoms with E-state index in [1.54, 1.807) is 6.07 Å². The molecular weight excluding hydrogens is 1160 g/mol. The van der Waals surface area contributed by atoms with E-state index in [4.69, 9.17) is 18.5 Å². The molecule has 0 aliphatic heterocycles. The zero-order valence-corrected chi connectivity index (χ0v) is 50.2. The van der Waals surface area contributed by atoms with Crippen LogP contribution in [0, 0.1) is 0 Å². The van der Waals surface area contributed by atoms with E-state index < -0.39 is 0 Å². The first-order valence-corrected chi connectivity index (χ1v) is 31.0. The number of hydrogen-bond donors (Lipinski definition) is 1. The predicted molar refractivity (Wildman–Crippen MR) is 382 cm³/mol. The summed E-state index contributed by atoms with van der Waals surface area (Å²) in [7, 11) is 0.666. The van der Waals surface area contributed by atoms with Crippen LogP contribution in [0.5, 0.6) is 5.75 Å². The number of hydrogen-bond acceptors (Lipinski definition) is 4. The van der Waals surface area contributed by atoms with Crippen LogP contribution >= 0.6 is 15.9 Å². The molecule has 0 saturated carbocycles. The van der Waals surface area contributed by atoms with E-state index >= 15 is 0 Å². The van der Waals surface area contributed by atoms with Crippen molar-refractivity contribution in [2.75, 3.05) is 0 Å². The minimum Gasteiger partial charge on any atom is -0.537 e. The Kier molecular flexibility index (Phi) is 14.1. The van der Waals surface area contributed by atoms with Crippen molar-refractivity contribution in [2.45, 2.75) is 0 Å². The quantitative estimate of drug-likeness (QED) is 0.128. The number of halogens is 1. The molecule has 1 radical (unpaired) electrons. The molecule has 0 fully saturated rings. The predicted octanol–water partition coefficient (Wildman–Crippen LogP) is 23.8. The second-order valence-corrected chi connectivity index (χ2v) is 23.5. The Morgan fingerprint density at radius 2 is 0.600 bits per heavy atom. The van der Waals surface area contributed by atoms with Gasteiger partial charge in [0.05, 0.1) is 0 Å². The Labute approximate surface area is 528 Å². The first-order chi connectivity index (χ1) is 44.5. The normalized spacial score (nSPS) is 11.4. The van der Waals surface area contributed by atoms with Gasteiger partial charge in [0, 0.05) is 32.1 Å². The summed E-state index contributed by atoms with van der Waals surface area (Å²) in [4.78, 5) is 0. The molecule has 2 heterocycles. The SMILES string of the molecule is Brc1ccc2c(-c3ccccc3)c3ccccc3c(-c3ccccc3)c2c1.O[B]Oc1ccc2c(c1)oc1ccc3ccccc3c12.c1ccc(-c2c3ccccc3c(-c3ccccc3)c3cc(-c4ccc5c(c4)oc4ccc6ccccc6c45)ccc23)cc1. The van der Waals surface area contributed by atoms with Crippen LogP contribution in [0.2, 0.25) is 0 Å². The molecule has 1 N–H and O–H groups in total. The summed E-state index contributed by atoms with van der Waals surface area (Å²) in [6.45, 7) is 0. The highest BCUT2D eigenvalue weighted by atomic mass is 79.9. The lowest BCUT2D eigenvalue weighted by atomic mass is 9.85. The number of rotatable bonds is 7. The molecule has 0 atom stereocenters. The summed E-state index contributed by atoms with van der Waals surface area (Å²) in [6, 6.07) is 111. The van der Waals surface area contributed by atoms with Gasteiger partial charge in [-0.05, 0) is 175 Å². The molecule has 4 nitrogen and oxygen atoms in total. The molecule has 0 aliphatic carbocycles. The molecule has 18 aromatic rings. The van der Waals surface area contributed by atoms with Gasteiger partial charge in [0.2, 0.25) is 0 Å². The molecule has 0 saturated heterocycles. The van der Waals surface area contributed by atoms with Crippen LogP contribution in [-0.2, 0) is 0 Å². The summed E-state index contributed by atoms with van der Waals surface area (Å²) >= 11 is 3.68. The lowest BCUT2D eigenvalue weighted by molar-refractivity contribution is 0.453. The third-order valence-electron chi connectivity index (χ3n) is 17.5. The highest BCUT2D eigenvalue weighted by Crippen LogP contribution is 2.47. The van der Waals surface area contributed by atoms with Gasteiger partial charge in [0.15, 0.2) is 0 Å². The van der Waals surface area contributed by atoms with E-state index in [2.05, 4.69) is 295 Å². The lowest BCUT2D eigenvalue weighted by Gasteiger charge is -2.18. The third kappa shape index (κ3) is 9.71. The van der Waals surface area contributed by atoms with Gasteiger partial charge in [0.25, 0.3) is 0 Å². The summed E-state index contributed by atoms with van der Waals surface area (Å²) < 4.78 is 18.4. The maximum atomic E-state index is 8.70. The average Bonchev–Trinajstić information content (AvgIpc) is 1.29. The van der Waals surface area contributed by atoms with Crippen molar-refractivity contribution in [3.63, 3.8) is 0 Å². The Hall–Kier alpha value is -11.0. The molecule has 16 aromatic carbocycles. The summed E-state index contributed by atoms with van der Waals surface area (Å²) in [5.74, 6) is 0.545. The van der Waals surface area contributed by atoms with Gasteiger partial charge >= 0.3 is 7.69 Å². The Balaban J connectivity index is 0.000000118. The van der Waals surface area contributed by atoms with Crippen LogP contribution < -0.4 is 4.65 Å². The lowest BCUT2D eigenvalue weighted by Crippen LogP contribution is -1.98. The molecule has 423 valence electrons. The largest absolute Gasteiger partial charge is 0.569 e. The summed E-state index contributed by atoms with van der Waals surface area (Å²) in [6.07, 6.45) is 0. The fraction of sp³-hybridized carbons (Fsp3) is 0. The molecule has 0 unspecified atom stereocenters. The van der Waals surface area contributed by atoms with Crippen LogP contribution in [0.15, 0.2) is 329 Å². The van der Waals surface area contributed by atoms with Gasteiger partial charge in [-0.15, -0.1) is 0 Å². The zero-order chi connectivity index (χ0) is 60.1. The minimum absolute atomic E-state index is 0.545. The Morgan fingerprint density at radius 3 is 1.06 bits per heavy atom. The Morgan fingerprint density at radius 1 is 0.256 bits per heavy atom. The van der Waals surface area contributed by atoms with Gasteiger partial charge in [-0.25, -0.2) is 0 Å². The summed E-state index contributed by atoms with van der Waals surface area (Å²) in [5.41, 5.74) is 15.8. The highest BCUT2D eigenvalue weighted by Gasteiger charge is 2.20. The van der Waals surface area contributed by atoms with Crippen molar-refractivity contribution in [1.29, 1.82) is 0 Å². The van der Waals surface area contributed by atoms with Gasteiger partial charge in [-0.1, -0.05) is 271 Å². The second-order valence-electron chi connectivity index (χ2n) is 22.6. The van der Waals surface area contributed by atoms with Gasteiger partial charge in [-0.2, -0.15) is 0 Å². The molecule has 0 spiro atoms. The van der Waals surface area contributed by atoms with Crippen molar-refractivity contribution < 1.29 is 18.5 Å². The van der Waals surface area contributed by atoms with Crippen LogP contribution in [0.25, 0.3) is 164 Å². The maximum Gasteiger partial charge on any atom is 0.569 e. The highest BCUT2D eigenvalue weighted by molar-refractivity contribution is 9.10. The number of furan rings is 2. The molecule has 90 heavy (non-hydrogen) atoms. The topological polar surface area (TPSA) is 55.7 Å². The molecule has 0 aliphatic rings. The van der Waals surface area contributed by atoms with Crippen molar-refractivity contribution in [2.24, 2.45) is 0 Å². The van der Waals surface area contributed by atoms with Crippen molar-refractivity contribution >= 4 is 132 Å². The average molecular weight is 1220 g/mol. The van der Waals surface area contributed by atoms with Gasteiger partial charge in [-0.3, -0.25) is 0 Å². The van der Waals surface area contributed by atoms with Crippen LogP contribution in [0.3, 0.4) is 0 Å². The van der Waals surface area contributed by atoms with E-state index in [-0.39, 0.29) is 0 Å². The Bertz CT molecular complexity index is 5750. The smallest absolute Gasteiger partial charge is 0.537 e. The van der Waals surface area contributed by atoms with Crippen LogP contribution in [-0.4, -0.2) is 12.7 Å². The fourth-order valence-corrected chi connectivity index (χ4v) is 13.9. The van der Waals surface area contributed by atoms with Crippen LogP contribution in [0.4, 0.5) is 0 Å². The van der Waals surface area contributed by atoms with Gasteiger partial charge < -0.3 is 18.5 Å². The number of benzene rings is 16. The maximum absolute atomic E-state index is 8.70. The van der Waals surface area contributed by atoms with E-state index in [1.165, 1.54) is 120 Å². The molecular formula is C84H53BBrO4. The third-order valence-corrected chi connectivity index (χ3v) is 18.0. The van der Waals surface area contributed by atoms with E-state index in [9.17, 15) is 0 Å². The molecule has 2 aromatic heterocycles. The van der Waals surface area contributed by atoms with E-state index in [0.29, 0.717) is 13.4 Å². The monoisotopic (exact) mass is 1220 g/mol. The summed E-state index contributed by atoms with van der Waals surface area (Å²) in [5, 5.41) is 28.2. The van der Waals surface area contributed by atoms with E-state index in [1.807, 2.05) is 30.3 Å². The molecule has 0 amide bonds. The number of fused-ring (bicyclic) bond motifs is 14. The van der Waals surface area contributed by atoms with E-state index in [0.717, 1.165) is 48.5 Å². The fourth-order valence-electron chi connectivity index (χ4n) is 13.6. The first-order valence-electron chi connectivity index (χ1n) is 30.2. The molecule has 0 bridgehead atoms. The van der Waals surface area contributed by atoms with Crippen molar-refractivity contribution in [3.05, 3.63) is 320 Å². The second kappa shape index (κ2) is 23.3. The zero-order valence-electron chi connectivity index (χ0n) is 48.6.